The number of fused-ring (bicyclic) bond motifs is 1. The molecule has 1 aromatic heterocycles. The van der Waals surface area contributed by atoms with Crippen LogP contribution < -0.4 is 5.32 Å². The standard InChI is InChI=1S/C20H19ClN4O5S/c21-15-8-7-13(31(28,29)25-9-3-4-10-25)11-17(15)22-18(26)12-30-20(27)19-14-5-1-2-6-16(14)23-24-19/h1-2,5-8,11H,3-4,9-10,12H2,(H,22,26)(H,23,24). The van der Waals surface area contributed by atoms with Crippen molar-refractivity contribution in [3.63, 3.8) is 0 Å². The fraction of sp³-hybridized carbons (Fsp3) is 0.250. The summed E-state index contributed by atoms with van der Waals surface area (Å²) in [5, 5.41) is 9.88. The number of ether oxygens (including phenoxy) is 1. The monoisotopic (exact) mass is 462 g/mol. The van der Waals surface area contributed by atoms with E-state index in [9.17, 15) is 18.0 Å². The molecule has 1 saturated heterocycles. The van der Waals surface area contributed by atoms with E-state index in [1.807, 2.05) is 0 Å². The first-order chi connectivity index (χ1) is 14.9. The summed E-state index contributed by atoms with van der Waals surface area (Å²) in [6.45, 7) is 0.342. The molecule has 0 aliphatic carbocycles. The molecule has 162 valence electrons. The molecule has 0 bridgehead atoms. The SMILES string of the molecule is O=C(COC(=O)c1n[nH]c2ccccc12)Nc1cc(S(=O)(=O)N2CCCC2)ccc1Cl. The zero-order valence-corrected chi connectivity index (χ0v) is 17.9. The largest absolute Gasteiger partial charge is 0.451 e. The lowest BCUT2D eigenvalue weighted by atomic mass is 10.2. The Labute approximate surface area is 183 Å². The van der Waals surface area contributed by atoms with E-state index in [-0.39, 0.29) is 21.3 Å². The highest BCUT2D eigenvalue weighted by molar-refractivity contribution is 7.89. The molecule has 0 spiro atoms. The summed E-state index contributed by atoms with van der Waals surface area (Å²) in [6.07, 6.45) is 1.63. The third kappa shape index (κ3) is 4.41. The van der Waals surface area contributed by atoms with Crippen LogP contribution in [-0.2, 0) is 19.6 Å². The second kappa shape index (κ2) is 8.66. The summed E-state index contributed by atoms with van der Waals surface area (Å²) in [7, 11) is -3.66. The summed E-state index contributed by atoms with van der Waals surface area (Å²) in [4.78, 5) is 24.6. The predicted molar refractivity (Wildman–Crippen MR) is 114 cm³/mol. The quantitative estimate of drug-likeness (QED) is 0.543. The molecular formula is C20H19ClN4O5S. The first kappa shape index (κ1) is 21.3. The van der Waals surface area contributed by atoms with E-state index in [1.54, 1.807) is 24.3 Å². The second-order valence-corrected chi connectivity index (χ2v) is 9.34. The summed E-state index contributed by atoms with van der Waals surface area (Å²) >= 11 is 6.11. The molecule has 1 fully saturated rings. The van der Waals surface area contributed by atoms with Gasteiger partial charge in [0.15, 0.2) is 12.3 Å². The summed E-state index contributed by atoms with van der Waals surface area (Å²) in [5.74, 6) is -1.42. The Hall–Kier alpha value is -2.95. The molecular weight excluding hydrogens is 444 g/mol. The Morgan fingerprint density at radius 1 is 1.16 bits per heavy atom. The summed E-state index contributed by atoms with van der Waals surface area (Å²) in [6, 6.07) is 11.1. The number of nitrogens with one attached hydrogen (secondary N) is 2. The van der Waals surface area contributed by atoms with Gasteiger partial charge >= 0.3 is 5.97 Å². The molecule has 1 aliphatic rings. The highest BCUT2D eigenvalue weighted by Crippen LogP contribution is 2.28. The lowest BCUT2D eigenvalue weighted by molar-refractivity contribution is -0.119. The molecule has 11 heteroatoms. The third-order valence-electron chi connectivity index (χ3n) is 4.91. The van der Waals surface area contributed by atoms with Crippen molar-refractivity contribution in [2.24, 2.45) is 0 Å². The van der Waals surface area contributed by atoms with Crippen LogP contribution in [0.2, 0.25) is 5.02 Å². The molecule has 2 N–H and O–H groups in total. The molecule has 2 heterocycles. The van der Waals surface area contributed by atoms with E-state index in [0.717, 1.165) is 12.8 Å². The van der Waals surface area contributed by atoms with Gasteiger partial charge in [0.2, 0.25) is 10.0 Å². The van der Waals surface area contributed by atoms with Crippen LogP contribution in [-0.4, -0.2) is 54.5 Å². The highest BCUT2D eigenvalue weighted by Gasteiger charge is 2.28. The van der Waals surface area contributed by atoms with Gasteiger partial charge in [-0.2, -0.15) is 9.40 Å². The number of sulfonamides is 1. The van der Waals surface area contributed by atoms with Crippen molar-refractivity contribution in [1.82, 2.24) is 14.5 Å². The van der Waals surface area contributed by atoms with Gasteiger partial charge in [-0.05, 0) is 37.1 Å². The minimum atomic E-state index is -3.66. The number of H-pyrrole nitrogens is 1. The Balaban J connectivity index is 1.43. The van der Waals surface area contributed by atoms with Gasteiger partial charge in [-0.1, -0.05) is 29.8 Å². The number of hydrogen-bond acceptors (Lipinski definition) is 6. The Bertz CT molecular complexity index is 1250. The Kier molecular flexibility index (Phi) is 5.94. The van der Waals surface area contributed by atoms with E-state index in [2.05, 4.69) is 15.5 Å². The lowest BCUT2D eigenvalue weighted by Crippen LogP contribution is -2.28. The molecule has 0 atom stereocenters. The number of amides is 1. The number of esters is 1. The van der Waals surface area contributed by atoms with Crippen LogP contribution in [0.1, 0.15) is 23.3 Å². The average molecular weight is 463 g/mol. The van der Waals surface area contributed by atoms with E-state index in [4.69, 9.17) is 16.3 Å². The predicted octanol–water partition coefficient (Wildman–Crippen LogP) is 2.80. The topological polar surface area (TPSA) is 121 Å². The maximum Gasteiger partial charge on any atom is 0.359 e. The number of hydrogen-bond donors (Lipinski definition) is 2. The number of rotatable bonds is 6. The molecule has 2 aromatic carbocycles. The fourth-order valence-corrected chi connectivity index (χ4v) is 5.05. The lowest BCUT2D eigenvalue weighted by Gasteiger charge is -2.16. The number of aromatic nitrogens is 2. The van der Waals surface area contributed by atoms with Crippen molar-refractivity contribution >= 4 is 50.1 Å². The average Bonchev–Trinajstić information content (AvgIpc) is 3.44. The van der Waals surface area contributed by atoms with Crippen molar-refractivity contribution in [2.45, 2.75) is 17.7 Å². The van der Waals surface area contributed by atoms with E-state index < -0.39 is 28.5 Å². The molecule has 4 rings (SSSR count). The number of para-hydroxylation sites is 1. The Morgan fingerprint density at radius 3 is 2.68 bits per heavy atom. The normalized spacial score (nSPS) is 14.6. The highest BCUT2D eigenvalue weighted by atomic mass is 35.5. The first-order valence-corrected chi connectivity index (χ1v) is 11.4. The number of carbonyl (C=O) groups excluding carboxylic acids is 2. The molecule has 31 heavy (non-hydrogen) atoms. The minimum Gasteiger partial charge on any atom is -0.451 e. The maximum atomic E-state index is 12.7. The smallest absolute Gasteiger partial charge is 0.359 e. The van der Waals surface area contributed by atoms with Crippen molar-refractivity contribution in [1.29, 1.82) is 0 Å². The van der Waals surface area contributed by atoms with Gasteiger partial charge in [0, 0.05) is 18.5 Å². The van der Waals surface area contributed by atoms with E-state index >= 15 is 0 Å². The number of anilines is 1. The number of aromatic amines is 1. The van der Waals surface area contributed by atoms with Crippen LogP contribution in [0.4, 0.5) is 5.69 Å². The second-order valence-electron chi connectivity index (χ2n) is 6.99. The molecule has 3 aromatic rings. The summed E-state index contributed by atoms with van der Waals surface area (Å²) in [5.41, 5.74) is 0.857. The number of benzene rings is 2. The maximum absolute atomic E-state index is 12.7. The van der Waals surface area contributed by atoms with Crippen LogP contribution in [0, 0.1) is 0 Å². The van der Waals surface area contributed by atoms with Crippen molar-refractivity contribution in [3.8, 4) is 0 Å². The van der Waals surface area contributed by atoms with Gasteiger partial charge in [-0.3, -0.25) is 9.89 Å². The van der Waals surface area contributed by atoms with Crippen molar-refractivity contribution < 1.29 is 22.7 Å². The molecule has 1 aliphatic heterocycles. The van der Waals surface area contributed by atoms with Gasteiger partial charge < -0.3 is 10.1 Å². The number of carbonyl (C=O) groups is 2. The summed E-state index contributed by atoms with van der Waals surface area (Å²) < 4.78 is 31.9. The molecule has 0 saturated carbocycles. The van der Waals surface area contributed by atoms with Crippen LogP contribution in [0.5, 0.6) is 0 Å². The molecule has 9 nitrogen and oxygen atoms in total. The number of halogens is 1. The van der Waals surface area contributed by atoms with Gasteiger partial charge in [0.1, 0.15) is 0 Å². The van der Waals surface area contributed by atoms with Gasteiger partial charge in [-0.15, -0.1) is 0 Å². The zero-order valence-electron chi connectivity index (χ0n) is 16.3. The van der Waals surface area contributed by atoms with Gasteiger partial charge in [0.05, 0.1) is 21.1 Å². The van der Waals surface area contributed by atoms with Crippen LogP contribution in [0.15, 0.2) is 47.4 Å². The van der Waals surface area contributed by atoms with Crippen molar-refractivity contribution in [3.05, 3.63) is 53.2 Å². The Morgan fingerprint density at radius 2 is 1.90 bits per heavy atom. The van der Waals surface area contributed by atoms with Gasteiger partial charge in [-0.25, -0.2) is 13.2 Å². The fourth-order valence-electron chi connectivity index (χ4n) is 3.34. The zero-order chi connectivity index (χ0) is 22.0. The van der Waals surface area contributed by atoms with Gasteiger partial charge in [0.25, 0.3) is 5.91 Å². The molecule has 0 unspecified atom stereocenters. The van der Waals surface area contributed by atoms with E-state index in [1.165, 1.54) is 22.5 Å². The molecule has 0 radical (unpaired) electrons. The molecule has 1 amide bonds. The van der Waals surface area contributed by atoms with Crippen LogP contribution in [0.25, 0.3) is 10.9 Å². The van der Waals surface area contributed by atoms with Crippen molar-refractivity contribution in [2.75, 3.05) is 25.0 Å². The third-order valence-corrected chi connectivity index (χ3v) is 7.14. The van der Waals surface area contributed by atoms with Crippen LogP contribution >= 0.6 is 11.6 Å². The minimum absolute atomic E-state index is 0.0362. The first-order valence-electron chi connectivity index (χ1n) is 9.56. The van der Waals surface area contributed by atoms with Crippen LogP contribution in [0.3, 0.4) is 0 Å². The number of nitrogens with zero attached hydrogens (tertiary/aromatic N) is 2. The van der Waals surface area contributed by atoms with E-state index in [0.29, 0.717) is 24.0 Å².